The summed E-state index contributed by atoms with van der Waals surface area (Å²) in [5.41, 5.74) is 21.0. The van der Waals surface area contributed by atoms with Crippen molar-refractivity contribution in [2.75, 3.05) is 5.73 Å². The summed E-state index contributed by atoms with van der Waals surface area (Å²) in [6.45, 7) is 0. The number of nitrogens with zero attached hydrogens (tertiary/aromatic N) is 1. The van der Waals surface area contributed by atoms with Crippen LogP contribution in [-0.4, -0.2) is 21.8 Å². The Labute approximate surface area is 181 Å². The molecule has 0 spiro atoms. The molecule has 8 heteroatoms. The van der Waals surface area contributed by atoms with Gasteiger partial charge in [0.1, 0.15) is 10.4 Å². The van der Waals surface area contributed by atoms with Crippen LogP contribution in [-0.2, 0) is 10.3 Å². The third kappa shape index (κ3) is 2.63. The molecule has 0 saturated heterocycles. The van der Waals surface area contributed by atoms with Gasteiger partial charge >= 0.3 is 5.97 Å². The highest BCUT2D eigenvalue weighted by Crippen LogP contribution is 2.49. The number of nitrogens with two attached hydrogens (primary N) is 3. The molecule has 0 bridgehead atoms. The fourth-order valence-corrected chi connectivity index (χ4v) is 5.43. The van der Waals surface area contributed by atoms with Gasteiger partial charge in [0.15, 0.2) is 5.78 Å². The van der Waals surface area contributed by atoms with Crippen molar-refractivity contribution < 1.29 is 14.7 Å². The molecule has 0 aliphatic heterocycles. The van der Waals surface area contributed by atoms with Crippen molar-refractivity contribution >= 4 is 38.9 Å². The second-order valence-corrected chi connectivity index (χ2v) is 8.52. The van der Waals surface area contributed by atoms with E-state index in [1.807, 2.05) is 36.4 Å². The molecule has 1 aliphatic carbocycles. The molecule has 2 atom stereocenters. The summed E-state index contributed by atoms with van der Waals surface area (Å²) in [7, 11) is 0. The normalized spacial score (nSPS) is 20.2. The second kappa shape index (κ2) is 6.71. The van der Waals surface area contributed by atoms with Crippen molar-refractivity contribution in [1.82, 2.24) is 4.98 Å². The smallest absolute Gasteiger partial charge is 0.346 e. The number of aromatic nitrogens is 1. The number of carbonyl (C=O) groups excluding carboxylic acids is 1. The van der Waals surface area contributed by atoms with Crippen molar-refractivity contribution in [1.29, 1.82) is 0 Å². The molecule has 0 saturated carbocycles. The van der Waals surface area contributed by atoms with E-state index >= 15 is 0 Å². The molecule has 7 N–H and O–H groups in total. The van der Waals surface area contributed by atoms with E-state index in [0.29, 0.717) is 26.9 Å². The van der Waals surface area contributed by atoms with Crippen LogP contribution in [0.2, 0.25) is 0 Å². The lowest BCUT2D eigenvalue weighted by Crippen LogP contribution is -2.52. The summed E-state index contributed by atoms with van der Waals surface area (Å²) in [4.78, 5) is 29.8. The van der Waals surface area contributed by atoms with Gasteiger partial charge in [0.05, 0.1) is 16.4 Å². The molecule has 154 valence electrons. The molecule has 0 amide bonds. The molecule has 7 nitrogen and oxygen atoms in total. The van der Waals surface area contributed by atoms with Gasteiger partial charge in [-0.3, -0.25) is 9.78 Å². The zero-order valence-corrected chi connectivity index (χ0v) is 17.0. The van der Waals surface area contributed by atoms with Crippen LogP contribution in [0.25, 0.3) is 21.3 Å². The maximum absolute atomic E-state index is 13.6. The maximum Gasteiger partial charge on any atom is 0.346 e. The Morgan fingerprint density at radius 2 is 1.94 bits per heavy atom. The quantitative estimate of drug-likeness (QED) is 0.365. The first-order chi connectivity index (χ1) is 14.8. The molecule has 0 radical (unpaired) electrons. The van der Waals surface area contributed by atoms with Gasteiger partial charge in [0.25, 0.3) is 0 Å². The highest BCUT2D eigenvalue weighted by Gasteiger charge is 2.48. The van der Waals surface area contributed by atoms with Crippen LogP contribution < -0.4 is 17.2 Å². The highest BCUT2D eigenvalue weighted by molar-refractivity contribution is 7.21. The highest BCUT2D eigenvalue weighted by atomic mass is 32.1. The molecule has 2 aromatic carbocycles. The van der Waals surface area contributed by atoms with Crippen LogP contribution in [0.3, 0.4) is 0 Å². The predicted molar refractivity (Wildman–Crippen MR) is 120 cm³/mol. The molecule has 4 aromatic rings. The summed E-state index contributed by atoms with van der Waals surface area (Å²) >= 11 is 1.02. The Morgan fingerprint density at radius 3 is 2.65 bits per heavy atom. The molecule has 2 aromatic heterocycles. The molecule has 2 unspecified atom stereocenters. The van der Waals surface area contributed by atoms with E-state index in [-0.39, 0.29) is 10.4 Å². The van der Waals surface area contributed by atoms with E-state index in [1.54, 1.807) is 24.4 Å². The minimum atomic E-state index is -1.56. The summed E-state index contributed by atoms with van der Waals surface area (Å²) in [5, 5.41) is 10.2. The number of ketones is 1. The Morgan fingerprint density at radius 1 is 1.13 bits per heavy atom. The molecule has 1 aliphatic rings. The van der Waals surface area contributed by atoms with Gasteiger partial charge in [-0.1, -0.05) is 30.3 Å². The van der Waals surface area contributed by atoms with Crippen molar-refractivity contribution in [3.05, 3.63) is 82.4 Å². The number of hydrogen-bond acceptors (Lipinski definition) is 7. The fraction of sp³-hybridized carbons (Fsp3) is 0.0870. The van der Waals surface area contributed by atoms with Gasteiger partial charge in [0, 0.05) is 28.4 Å². The standard InChI is InChI=1S/C23H18N4O3S/c24-14-8-7-13-16-17(20(22(29)30)31-19(14)16)18(25)21(28)23(13,26)12-5-3-4-11(10-12)15-6-1-2-9-27-15/h1-10,18H,24-26H2,(H,29,30). The molecule has 5 rings (SSSR count). The number of Topliss-reactive ketones (excluding diaryl/α,β-unsaturated/α-hetero) is 1. The predicted octanol–water partition coefficient (Wildman–Crippen LogP) is 3.03. The summed E-state index contributed by atoms with van der Waals surface area (Å²) in [5.74, 6) is -1.61. The summed E-state index contributed by atoms with van der Waals surface area (Å²) in [6.07, 6.45) is 1.69. The van der Waals surface area contributed by atoms with E-state index in [2.05, 4.69) is 4.98 Å². The largest absolute Gasteiger partial charge is 0.477 e. The van der Waals surface area contributed by atoms with Crippen molar-refractivity contribution in [3.8, 4) is 11.3 Å². The van der Waals surface area contributed by atoms with Crippen LogP contribution in [0.1, 0.15) is 32.4 Å². The Bertz CT molecular complexity index is 1380. The van der Waals surface area contributed by atoms with Crippen LogP contribution in [0.15, 0.2) is 60.8 Å². The first kappa shape index (κ1) is 19.4. The number of benzene rings is 2. The van der Waals surface area contributed by atoms with Gasteiger partial charge in [-0.25, -0.2) is 4.79 Å². The first-order valence-corrected chi connectivity index (χ1v) is 10.3. The average Bonchev–Trinajstić information content (AvgIpc) is 3.20. The van der Waals surface area contributed by atoms with E-state index in [4.69, 9.17) is 17.2 Å². The number of carbonyl (C=O) groups is 2. The zero-order valence-electron chi connectivity index (χ0n) is 16.2. The number of carboxylic acids is 1. The van der Waals surface area contributed by atoms with Gasteiger partial charge < -0.3 is 22.3 Å². The first-order valence-electron chi connectivity index (χ1n) is 9.53. The SMILES string of the molecule is Nc1ccc2c3c(c(C(=O)O)sc13)C(N)C(=O)C2(N)c1cccc(-c2ccccn2)c1. The minimum absolute atomic E-state index is 0.0132. The summed E-state index contributed by atoms with van der Waals surface area (Å²) < 4.78 is 0.573. The van der Waals surface area contributed by atoms with E-state index in [0.717, 1.165) is 22.6 Å². The lowest BCUT2D eigenvalue weighted by molar-refractivity contribution is -0.124. The molecule has 31 heavy (non-hydrogen) atoms. The average molecular weight is 430 g/mol. The van der Waals surface area contributed by atoms with Crippen molar-refractivity contribution in [3.63, 3.8) is 0 Å². The molecular formula is C23H18N4O3S. The van der Waals surface area contributed by atoms with Gasteiger partial charge in [-0.05, 0) is 35.4 Å². The number of rotatable bonds is 3. The monoisotopic (exact) mass is 430 g/mol. The Hall–Kier alpha value is -3.59. The molecule has 0 fully saturated rings. The lowest BCUT2D eigenvalue weighted by Gasteiger charge is -2.36. The maximum atomic E-state index is 13.6. The van der Waals surface area contributed by atoms with Crippen molar-refractivity contribution in [2.45, 2.75) is 11.6 Å². The number of anilines is 1. The molecular weight excluding hydrogens is 412 g/mol. The van der Waals surface area contributed by atoms with Gasteiger partial charge in [0.2, 0.25) is 0 Å². The van der Waals surface area contributed by atoms with Gasteiger partial charge in [-0.15, -0.1) is 11.3 Å². The molecule has 2 heterocycles. The van der Waals surface area contributed by atoms with Crippen LogP contribution in [0.5, 0.6) is 0 Å². The zero-order chi connectivity index (χ0) is 21.9. The van der Waals surface area contributed by atoms with Crippen LogP contribution in [0, 0.1) is 0 Å². The number of aromatic carboxylic acids is 1. The summed E-state index contributed by atoms with van der Waals surface area (Å²) in [6, 6.07) is 15.0. The van der Waals surface area contributed by atoms with E-state index in [9.17, 15) is 14.7 Å². The second-order valence-electron chi connectivity index (χ2n) is 7.50. The number of thiophene rings is 1. The number of carboxylic acid groups (broad SMARTS) is 1. The fourth-order valence-electron chi connectivity index (χ4n) is 4.30. The lowest BCUT2D eigenvalue weighted by atomic mass is 9.70. The minimum Gasteiger partial charge on any atom is -0.477 e. The topological polar surface area (TPSA) is 145 Å². The van der Waals surface area contributed by atoms with Crippen LogP contribution in [0.4, 0.5) is 5.69 Å². The van der Waals surface area contributed by atoms with Crippen molar-refractivity contribution in [2.24, 2.45) is 11.5 Å². The number of nitrogen functional groups attached to an aromatic ring is 1. The Kier molecular flexibility index (Phi) is 4.19. The Balaban J connectivity index is 1.81. The van der Waals surface area contributed by atoms with Gasteiger partial charge in [-0.2, -0.15) is 0 Å². The number of pyridine rings is 1. The third-order valence-corrected chi connectivity index (χ3v) is 7.03. The van der Waals surface area contributed by atoms with E-state index < -0.39 is 23.3 Å². The number of hydrogen-bond donors (Lipinski definition) is 4. The third-order valence-electron chi connectivity index (χ3n) is 5.79. The van der Waals surface area contributed by atoms with Crippen LogP contribution >= 0.6 is 11.3 Å². The van der Waals surface area contributed by atoms with E-state index in [1.165, 1.54) is 0 Å².